The average Bonchev–Trinajstić information content (AvgIpc) is 2.77. The molecule has 1 N–H and O–H groups in total. The van der Waals surface area contributed by atoms with E-state index in [1.165, 1.54) is 50.6 Å². The number of hydrogen-bond acceptors (Lipinski definition) is 2. The van der Waals surface area contributed by atoms with Crippen LogP contribution in [0.5, 0.6) is 0 Å². The van der Waals surface area contributed by atoms with E-state index in [-0.39, 0.29) is 0 Å². The summed E-state index contributed by atoms with van der Waals surface area (Å²) in [5.41, 5.74) is 1.31. The topological polar surface area (TPSA) is 29.9 Å². The number of aryl methyl sites for hydroxylation is 1. The molecule has 0 aromatic carbocycles. The van der Waals surface area contributed by atoms with E-state index in [0.29, 0.717) is 0 Å². The third-order valence-corrected chi connectivity index (χ3v) is 3.44. The second-order valence-electron chi connectivity index (χ2n) is 5.07. The van der Waals surface area contributed by atoms with Crippen molar-refractivity contribution in [2.75, 3.05) is 13.1 Å². The molecule has 0 saturated carbocycles. The molecule has 1 aromatic heterocycles. The van der Waals surface area contributed by atoms with Crippen LogP contribution in [0, 0.1) is 0 Å². The first-order chi connectivity index (χ1) is 8.84. The molecule has 0 aliphatic rings. The van der Waals surface area contributed by atoms with Crippen LogP contribution >= 0.6 is 0 Å². The Kier molecular flexibility index (Phi) is 8.57. The molecular formula is C15H29N3. The Labute approximate surface area is 112 Å². The zero-order valence-electron chi connectivity index (χ0n) is 12.1. The molecular weight excluding hydrogens is 222 g/mol. The molecule has 0 aliphatic heterocycles. The van der Waals surface area contributed by atoms with E-state index in [4.69, 9.17) is 0 Å². The predicted molar refractivity (Wildman–Crippen MR) is 77.8 cm³/mol. The molecule has 0 amide bonds. The molecule has 3 heteroatoms. The summed E-state index contributed by atoms with van der Waals surface area (Å²) in [6.07, 6.45) is 12.6. The lowest BCUT2D eigenvalue weighted by atomic mass is 10.1. The minimum atomic E-state index is 1.06. The quantitative estimate of drug-likeness (QED) is 0.612. The lowest BCUT2D eigenvalue weighted by molar-refractivity contribution is 0.559. The van der Waals surface area contributed by atoms with Crippen LogP contribution in [0.15, 0.2) is 12.3 Å². The van der Waals surface area contributed by atoms with Crippen molar-refractivity contribution in [2.24, 2.45) is 7.05 Å². The summed E-state index contributed by atoms with van der Waals surface area (Å²) >= 11 is 0. The molecule has 18 heavy (non-hydrogen) atoms. The van der Waals surface area contributed by atoms with Gasteiger partial charge in [-0.3, -0.25) is 4.68 Å². The number of nitrogens with one attached hydrogen (secondary N) is 1. The van der Waals surface area contributed by atoms with Gasteiger partial charge < -0.3 is 5.32 Å². The summed E-state index contributed by atoms with van der Waals surface area (Å²) in [6.45, 7) is 4.49. The van der Waals surface area contributed by atoms with Gasteiger partial charge in [-0.05, 0) is 19.0 Å². The Morgan fingerprint density at radius 3 is 2.44 bits per heavy atom. The van der Waals surface area contributed by atoms with Crippen molar-refractivity contribution in [1.82, 2.24) is 15.1 Å². The zero-order valence-corrected chi connectivity index (χ0v) is 12.1. The number of rotatable bonds is 11. The van der Waals surface area contributed by atoms with E-state index in [0.717, 1.165) is 19.5 Å². The van der Waals surface area contributed by atoms with Gasteiger partial charge in [0.15, 0.2) is 0 Å². The number of nitrogens with zero attached hydrogens (tertiary/aromatic N) is 2. The third kappa shape index (κ3) is 6.80. The first kappa shape index (κ1) is 15.2. The summed E-state index contributed by atoms with van der Waals surface area (Å²) < 4.78 is 1.95. The molecule has 0 saturated heterocycles. The molecule has 1 rings (SSSR count). The summed E-state index contributed by atoms with van der Waals surface area (Å²) in [7, 11) is 2.01. The van der Waals surface area contributed by atoms with Crippen LogP contribution in [0.4, 0.5) is 0 Å². The first-order valence-electron chi connectivity index (χ1n) is 7.52. The molecule has 1 aromatic rings. The van der Waals surface area contributed by atoms with Crippen LogP contribution in [0.2, 0.25) is 0 Å². The number of unbranched alkanes of at least 4 members (excludes halogenated alkanes) is 6. The highest BCUT2D eigenvalue weighted by Crippen LogP contribution is 2.06. The second-order valence-corrected chi connectivity index (χ2v) is 5.07. The molecule has 0 bridgehead atoms. The fourth-order valence-corrected chi connectivity index (χ4v) is 2.20. The maximum Gasteiger partial charge on any atom is 0.0492 e. The number of aromatic nitrogens is 2. The molecule has 0 aliphatic carbocycles. The van der Waals surface area contributed by atoms with E-state index in [1.807, 2.05) is 17.9 Å². The van der Waals surface area contributed by atoms with Gasteiger partial charge in [-0.25, -0.2) is 0 Å². The van der Waals surface area contributed by atoms with Gasteiger partial charge in [0.1, 0.15) is 0 Å². The van der Waals surface area contributed by atoms with Crippen molar-refractivity contribution >= 4 is 0 Å². The lowest BCUT2D eigenvalue weighted by Crippen LogP contribution is -2.19. The normalized spacial score (nSPS) is 11.0. The highest BCUT2D eigenvalue weighted by molar-refractivity contribution is 5.00. The summed E-state index contributed by atoms with van der Waals surface area (Å²) in [5, 5.41) is 7.68. The summed E-state index contributed by atoms with van der Waals surface area (Å²) in [6, 6.07) is 2.09. The molecule has 104 valence electrons. The van der Waals surface area contributed by atoms with Gasteiger partial charge in [0.05, 0.1) is 0 Å². The van der Waals surface area contributed by atoms with Gasteiger partial charge >= 0.3 is 0 Å². The summed E-state index contributed by atoms with van der Waals surface area (Å²) in [5.74, 6) is 0. The fourth-order valence-electron chi connectivity index (χ4n) is 2.20. The van der Waals surface area contributed by atoms with Crippen molar-refractivity contribution in [3.8, 4) is 0 Å². The van der Waals surface area contributed by atoms with E-state index in [2.05, 4.69) is 23.4 Å². The Morgan fingerprint density at radius 2 is 1.78 bits per heavy atom. The van der Waals surface area contributed by atoms with Gasteiger partial charge in [0.2, 0.25) is 0 Å². The average molecular weight is 251 g/mol. The highest BCUT2D eigenvalue weighted by Gasteiger charge is 1.97. The van der Waals surface area contributed by atoms with Crippen molar-refractivity contribution in [1.29, 1.82) is 0 Å². The Hall–Kier alpha value is -0.830. The molecule has 0 unspecified atom stereocenters. The van der Waals surface area contributed by atoms with Crippen LogP contribution in [0.25, 0.3) is 0 Å². The van der Waals surface area contributed by atoms with Crippen molar-refractivity contribution in [3.05, 3.63) is 18.0 Å². The lowest BCUT2D eigenvalue weighted by Gasteiger charge is -2.05. The van der Waals surface area contributed by atoms with Crippen LogP contribution in [-0.2, 0) is 13.5 Å². The molecule has 0 spiro atoms. The molecule has 0 radical (unpaired) electrons. The summed E-state index contributed by atoms with van der Waals surface area (Å²) in [4.78, 5) is 0. The largest absolute Gasteiger partial charge is 0.316 e. The Bertz CT molecular complexity index is 294. The van der Waals surface area contributed by atoms with Gasteiger partial charge in [0.25, 0.3) is 0 Å². The van der Waals surface area contributed by atoms with Crippen molar-refractivity contribution in [3.63, 3.8) is 0 Å². The van der Waals surface area contributed by atoms with Gasteiger partial charge in [-0.2, -0.15) is 5.10 Å². The standard InChI is InChI=1S/C15H29N3/c1-3-4-5-6-7-8-9-12-16-13-10-15-11-14-17-18(15)2/h11,14,16H,3-10,12-13H2,1-2H3. The van der Waals surface area contributed by atoms with Gasteiger partial charge in [0, 0.05) is 31.9 Å². The van der Waals surface area contributed by atoms with E-state index in [9.17, 15) is 0 Å². The maximum atomic E-state index is 4.17. The minimum Gasteiger partial charge on any atom is -0.316 e. The van der Waals surface area contributed by atoms with Crippen LogP contribution in [-0.4, -0.2) is 22.9 Å². The Morgan fingerprint density at radius 1 is 1.06 bits per heavy atom. The molecule has 0 fully saturated rings. The van der Waals surface area contributed by atoms with Gasteiger partial charge in [-0.1, -0.05) is 45.4 Å². The SMILES string of the molecule is CCCCCCCCCNCCc1ccnn1C. The smallest absolute Gasteiger partial charge is 0.0492 e. The first-order valence-corrected chi connectivity index (χ1v) is 7.52. The molecule has 1 heterocycles. The van der Waals surface area contributed by atoms with E-state index in [1.54, 1.807) is 0 Å². The minimum absolute atomic E-state index is 1.06. The van der Waals surface area contributed by atoms with E-state index >= 15 is 0 Å². The number of hydrogen-bond donors (Lipinski definition) is 1. The fraction of sp³-hybridized carbons (Fsp3) is 0.800. The van der Waals surface area contributed by atoms with Gasteiger partial charge in [-0.15, -0.1) is 0 Å². The van der Waals surface area contributed by atoms with Crippen LogP contribution in [0.3, 0.4) is 0 Å². The molecule has 0 atom stereocenters. The maximum absolute atomic E-state index is 4.17. The third-order valence-electron chi connectivity index (χ3n) is 3.44. The van der Waals surface area contributed by atoms with Crippen molar-refractivity contribution < 1.29 is 0 Å². The predicted octanol–water partition coefficient (Wildman–Crippen LogP) is 3.30. The highest BCUT2D eigenvalue weighted by atomic mass is 15.3. The molecule has 3 nitrogen and oxygen atoms in total. The zero-order chi connectivity index (χ0) is 13.1. The van der Waals surface area contributed by atoms with Crippen LogP contribution < -0.4 is 5.32 Å². The Balaban J connectivity index is 1.83. The van der Waals surface area contributed by atoms with Crippen LogP contribution in [0.1, 0.15) is 57.6 Å². The van der Waals surface area contributed by atoms with Crippen molar-refractivity contribution in [2.45, 2.75) is 58.3 Å². The van der Waals surface area contributed by atoms with E-state index < -0.39 is 0 Å². The monoisotopic (exact) mass is 251 g/mol. The second kappa shape index (κ2) is 10.1.